The van der Waals surface area contributed by atoms with Crippen LogP contribution in [0, 0.1) is 11.8 Å². The van der Waals surface area contributed by atoms with Crippen LogP contribution in [-0.2, 0) is 4.79 Å². The van der Waals surface area contributed by atoms with E-state index in [0.29, 0.717) is 5.92 Å². The highest BCUT2D eigenvalue weighted by Crippen LogP contribution is 2.33. The molecule has 2 aliphatic carbocycles. The van der Waals surface area contributed by atoms with Crippen molar-refractivity contribution in [3.8, 4) is 0 Å². The number of nitrogens with two attached hydrogens (primary N) is 1. The second-order valence-corrected chi connectivity index (χ2v) is 6.00. The first-order chi connectivity index (χ1) is 7.52. The van der Waals surface area contributed by atoms with Gasteiger partial charge in [-0.25, -0.2) is 0 Å². The van der Waals surface area contributed by atoms with Crippen LogP contribution in [0.1, 0.15) is 52.4 Å². The van der Waals surface area contributed by atoms with Crippen LogP contribution < -0.4 is 11.1 Å². The van der Waals surface area contributed by atoms with Gasteiger partial charge in [0.05, 0.1) is 5.92 Å². The molecule has 3 atom stereocenters. The molecule has 92 valence electrons. The number of hydrogen-bond donors (Lipinski definition) is 2. The molecule has 0 radical (unpaired) electrons. The van der Waals surface area contributed by atoms with E-state index in [4.69, 9.17) is 5.73 Å². The smallest absolute Gasteiger partial charge is 0.225 e. The Morgan fingerprint density at radius 1 is 1.31 bits per heavy atom. The quantitative estimate of drug-likeness (QED) is 0.751. The van der Waals surface area contributed by atoms with Gasteiger partial charge in [0.25, 0.3) is 0 Å². The summed E-state index contributed by atoms with van der Waals surface area (Å²) in [5.41, 5.74) is 6.21. The maximum atomic E-state index is 12.2. The van der Waals surface area contributed by atoms with Gasteiger partial charge in [0.2, 0.25) is 5.91 Å². The van der Waals surface area contributed by atoms with Crippen LogP contribution in [0.4, 0.5) is 0 Å². The summed E-state index contributed by atoms with van der Waals surface area (Å²) in [5, 5.41) is 3.19. The lowest BCUT2D eigenvalue weighted by Gasteiger charge is -2.42. The first-order valence-electron chi connectivity index (χ1n) is 6.59. The Labute approximate surface area is 98.2 Å². The number of carbonyl (C=O) groups is 1. The standard InChI is InChI=1S/C13H24N2O/c1-9-5-3-6-10(11(9)14)12(16)15-13(2)7-4-8-13/h9-11H,3-8,14H2,1-2H3,(H,15,16). The highest BCUT2D eigenvalue weighted by atomic mass is 16.2. The SMILES string of the molecule is CC1CCCC(C(=O)NC2(C)CCC2)C1N. The van der Waals surface area contributed by atoms with Crippen molar-refractivity contribution in [3.63, 3.8) is 0 Å². The van der Waals surface area contributed by atoms with Crippen molar-refractivity contribution in [2.75, 3.05) is 0 Å². The van der Waals surface area contributed by atoms with E-state index in [1.54, 1.807) is 0 Å². The molecular weight excluding hydrogens is 200 g/mol. The van der Waals surface area contributed by atoms with Crippen LogP contribution in [0.3, 0.4) is 0 Å². The molecule has 16 heavy (non-hydrogen) atoms. The third-order valence-corrected chi connectivity index (χ3v) is 4.52. The second-order valence-electron chi connectivity index (χ2n) is 6.00. The molecule has 0 aromatic heterocycles. The number of hydrogen-bond acceptors (Lipinski definition) is 2. The van der Waals surface area contributed by atoms with Gasteiger partial charge in [0, 0.05) is 11.6 Å². The third-order valence-electron chi connectivity index (χ3n) is 4.52. The molecule has 0 spiro atoms. The minimum Gasteiger partial charge on any atom is -0.351 e. The van der Waals surface area contributed by atoms with Crippen LogP contribution in [-0.4, -0.2) is 17.5 Å². The highest BCUT2D eigenvalue weighted by molar-refractivity contribution is 5.80. The van der Waals surface area contributed by atoms with E-state index in [1.807, 2.05) is 0 Å². The van der Waals surface area contributed by atoms with Crippen LogP contribution in [0.5, 0.6) is 0 Å². The average molecular weight is 224 g/mol. The third kappa shape index (κ3) is 2.24. The van der Waals surface area contributed by atoms with Crippen molar-refractivity contribution in [3.05, 3.63) is 0 Å². The number of carbonyl (C=O) groups excluding carboxylic acids is 1. The van der Waals surface area contributed by atoms with Crippen LogP contribution >= 0.6 is 0 Å². The zero-order valence-electron chi connectivity index (χ0n) is 10.5. The van der Waals surface area contributed by atoms with Gasteiger partial charge in [-0.05, 0) is 44.9 Å². The summed E-state index contributed by atoms with van der Waals surface area (Å²) in [4.78, 5) is 12.2. The summed E-state index contributed by atoms with van der Waals surface area (Å²) in [6, 6.07) is 0.0532. The zero-order chi connectivity index (χ0) is 11.8. The second kappa shape index (κ2) is 4.36. The summed E-state index contributed by atoms with van der Waals surface area (Å²) in [7, 11) is 0. The summed E-state index contributed by atoms with van der Waals surface area (Å²) in [5.74, 6) is 0.723. The molecule has 2 aliphatic rings. The van der Waals surface area contributed by atoms with Crippen molar-refractivity contribution < 1.29 is 4.79 Å². The van der Waals surface area contributed by atoms with Gasteiger partial charge < -0.3 is 11.1 Å². The minimum atomic E-state index is 0.0428. The molecule has 3 unspecified atom stereocenters. The van der Waals surface area contributed by atoms with Crippen molar-refractivity contribution in [1.29, 1.82) is 0 Å². The fourth-order valence-electron chi connectivity index (χ4n) is 2.97. The van der Waals surface area contributed by atoms with E-state index in [2.05, 4.69) is 19.2 Å². The maximum absolute atomic E-state index is 12.2. The zero-order valence-corrected chi connectivity index (χ0v) is 10.5. The van der Waals surface area contributed by atoms with E-state index in [1.165, 1.54) is 12.8 Å². The molecule has 0 saturated heterocycles. The molecule has 0 bridgehead atoms. The molecule has 1 amide bonds. The molecule has 3 nitrogen and oxygen atoms in total. The fourth-order valence-corrected chi connectivity index (χ4v) is 2.97. The lowest BCUT2D eigenvalue weighted by atomic mass is 9.75. The monoisotopic (exact) mass is 224 g/mol. The average Bonchev–Trinajstić information content (AvgIpc) is 2.19. The number of amides is 1. The van der Waals surface area contributed by atoms with E-state index < -0.39 is 0 Å². The lowest BCUT2D eigenvalue weighted by Crippen LogP contribution is -2.56. The Morgan fingerprint density at radius 3 is 2.56 bits per heavy atom. The Balaban J connectivity index is 1.93. The minimum absolute atomic E-state index is 0.0428. The highest BCUT2D eigenvalue weighted by Gasteiger charge is 2.38. The molecular formula is C13H24N2O. The predicted molar refractivity (Wildman–Crippen MR) is 64.9 cm³/mol. The van der Waals surface area contributed by atoms with E-state index in [-0.39, 0.29) is 23.4 Å². The fraction of sp³-hybridized carbons (Fsp3) is 0.923. The maximum Gasteiger partial charge on any atom is 0.225 e. The topological polar surface area (TPSA) is 55.1 Å². The van der Waals surface area contributed by atoms with Gasteiger partial charge in [0.15, 0.2) is 0 Å². The Bertz CT molecular complexity index is 273. The van der Waals surface area contributed by atoms with Gasteiger partial charge in [-0.3, -0.25) is 4.79 Å². The summed E-state index contributed by atoms with van der Waals surface area (Å²) in [6.45, 7) is 4.31. The molecule has 2 saturated carbocycles. The molecule has 0 heterocycles. The van der Waals surface area contributed by atoms with Gasteiger partial charge in [-0.1, -0.05) is 13.3 Å². The molecule has 0 aromatic carbocycles. The van der Waals surface area contributed by atoms with Crippen molar-refractivity contribution >= 4 is 5.91 Å². The molecule has 3 N–H and O–H groups in total. The first-order valence-corrected chi connectivity index (χ1v) is 6.59. The molecule has 2 rings (SSSR count). The summed E-state index contributed by atoms with van der Waals surface area (Å²) >= 11 is 0. The normalized spacial score (nSPS) is 37.6. The first kappa shape index (κ1) is 11.9. The largest absolute Gasteiger partial charge is 0.351 e. The number of rotatable bonds is 2. The predicted octanol–water partition coefficient (Wildman–Crippen LogP) is 1.81. The summed E-state index contributed by atoms with van der Waals surface area (Å²) in [6.07, 6.45) is 6.76. The van der Waals surface area contributed by atoms with Crippen molar-refractivity contribution in [1.82, 2.24) is 5.32 Å². The molecule has 2 fully saturated rings. The van der Waals surface area contributed by atoms with Crippen LogP contribution in [0.15, 0.2) is 0 Å². The number of nitrogens with one attached hydrogen (secondary N) is 1. The van der Waals surface area contributed by atoms with Gasteiger partial charge >= 0.3 is 0 Å². The van der Waals surface area contributed by atoms with Crippen LogP contribution in [0.2, 0.25) is 0 Å². The van der Waals surface area contributed by atoms with Gasteiger partial charge in [-0.15, -0.1) is 0 Å². The molecule has 3 heteroatoms. The Morgan fingerprint density at radius 2 is 2.00 bits per heavy atom. The van der Waals surface area contributed by atoms with Gasteiger partial charge in [0.1, 0.15) is 0 Å². The lowest BCUT2D eigenvalue weighted by molar-refractivity contribution is -0.129. The van der Waals surface area contributed by atoms with E-state index in [9.17, 15) is 4.79 Å². The summed E-state index contributed by atoms with van der Waals surface area (Å²) < 4.78 is 0. The van der Waals surface area contributed by atoms with Crippen LogP contribution in [0.25, 0.3) is 0 Å². The van der Waals surface area contributed by atoms with E-state index in [0.717, 1.165) is 25.7 Å². The molecule has 0 aliphatic heterocycles. The van der Waals surface area contributed by atoms with E-state index >= 15 is 0 Å². The Kier molecular flexibility index (Phi) is 3.24. The Hall–Kier alpha value is -0.570. The molecule has 0 aromatic rings. The van der Waals surface area contributed by atoms with Gasteiger partial charge in [-0.2, -0.15) is 0 Å². The van der Waals surface area contributed by atoms with Crippen molar-refractivity contribution in [2.24, 2.45) is 17.6 Å². The van der Waals surface area contributed by atoms with Crippen molar-refractivity contribution in [2.45, 2.75) is 64.0 Å².